The largest absolute Gasteiger partial charge is 0.370 e. The Balaban J connectivity index is 2.82. The molecule has 4 N–H and O–H groups in total. The van der Waals surface area contributed by atoms with Crippen LogP contribution >= 0.6 is 0 Å². The molecule has 0 spiro atoms. The zero-order valence-electron chi connectivity index (χ0n) is 7.03. The fourth-order valence-corrected chi connectivity index (χ4v) is 1.10. The van der Waals surface area contributed by atoms with E-state index < -0.39 is 17.8 Å². The monoisotopic (exact) mass is 182 g/mol. The van der Waals surface area contributed by atoms with Gasteiger partial charge >= 0.3 is 0 Å². The molecule has 13 heavy (non-hydrogen) atoms. The van der Waals surface area contributed by atoms with Crippen LogP contribution in [0.3, 0.4) is 0 Å². The number of carbonyl (C=O) groups excluding carboxylic acids is 1. The van der Waals surface area contributed by atoms with Crippen LogP contribution in [0, 0.1) is 5.82 Å². The molecule has 0 saturated heterocycles. The van der Waals surface area contributed by atoms with Gasteiger partial charge in [0.05, 0.1) is 0 Å². The first-order valence-corrected chi connectivity index (χ1v) is 3.89. The van der Waals surface area contributed by atoms with E-state index in [1.165, 1.54) is 6.07 Å². The van der Waals surface area contributed by atoms with Crippen LogP contribution in [-0.4, -0.2) is 5.91 Å². The fourth-order valence-electron chi connectivity index (χ4n) is 1.10. The second-order valence-electron chi connectivity index (χ2n) is 2.80. The Morgan fingerprint density at radius 1 is 1.46 bits per heavy atom. The van der Waals surface area contributed by atoms with Crippen molar-refractivity contribution in [1.29, 1.82) is 0 Å². The summed E-state index contributed by atoms with van der Waals surface area (Å²) in [5.41, 5.74) is 10.8. The van der Waals surface area contributed by atoms with Gasteiger partial charge in [-0.25, -0.2) is 4.39 Å². The van der Waals surface area contributed by atoms with E-state index in [2.05, 4.69) is 0 Å². The van der Waals surface area contributed by atoms with Crippen LogP contribution < -0.4 is 11.5 Å². The molecule has 0 fully saturated rings. The molecular weight excluding hydrogens is 171 g/mol. The predicted octanol–water partition coefficient (Wildman–Crippen LogP) is 0.701. The number of rotatable bonds is 3. The van der Waals surface area contributed by atoms with Gasteiger partial charge in [-0.2, -0.15) is 0 Å². The van der Waals surface area contributed by atoms with Crippen molar-refractivity contribution in [3.8, 4) is 0 Å². The summed E-state index contributed by atoms with van der Waals surface area (Å²) in [5, 5.41) is 0. The first kappa shape index (κ1) is 9.67. The Labute approximate surface area is 75.5 Å². The quantitative estimate of drug-likeness (QED) is 0.722. The normalized spacial score (nSPS) is 12.5. The number of carbonyl (C=O) groups is 1. The van der Waals surface area contributed by atoms with E-state index in [1.807, 2.05) is 0 Å². The highest BCUT2D eigenvalue weighted by atomic mass is 19.1. The Morgan fingerprint density at radius 2 is 2.08 bits per heavy atom. The molecular formula is C9H11FN2O. The highest BCUT2D eigenvalue weighted by molar-refractivity contribution is 5.74. The molecule has 0 radical (unpaired) electrons. The van der Waals surface area contributed by atoms with Crippen LogP contribution in [0.5, 0.6) is 0 Å². The minimum atomic E-state index is -0.654. The summed E-state index contributed by atoms with van der Waals surface area (Å²) in [4.78, 5) is 10.5. The van der Waals surface area contributed by atoms with E-state index >= 15 is 0 Å². The second-order valence-corrected chi connectivity index (χ2v) is 2.80. The zero-order valence-corrected chi connectivity index (χ0v) is 7.03. The molecule has 1 aromatic rings. The lowest BCUT2D eigenvalue weighted by molar-refractivity contribution is -0.118. The van der Waals surface area contributed by atoms with Gasteiger partial charge in [-0.15, -0.1) is 0 Å². The van der Waals surface area contributed by atoms with Gasteiger partial charge in [0.25, 0.3) is 0 Å². The lowest BCUT2D eigenvalue weighted by Crippen LogP contribution is -2.21. The second kappa shape index (κ2) is 4.00. The Hall–Kier alpha value is -1.42. The van der Waals surface area contributed by atoms with Crippen molar-refractivity contribution < 1.29 is 9.18 Å². The highest BCUT2D eigenvalue weighted by Crippen LogP contribution is 2.16. The summed E-state index contributed by atoms with van der Waals surface area (Å²) >= 11 is 0. The lowest BCUT2D eigenvalue weighted by Gasteiger charge is -2.09. The standard InChI is InChI=1S/C9H11FN2O/c10-7-4-2-1-3-6(7)8(11)5-9(12)13/h1-4,8H,5,11H2,(H2,12,13). The van der Waals surface area contributed by atoms with E-state index in [-0.39, 0.29) is 6.42 Å². The topological polar surface area (TPSA) is 69.1 Å². The molecule has 3 nitrogen and oxygen atoms in total. The van der Waals surface area contributed by atoms with Gasteiger partial charge < -0.3 is 11.5 Å². The van der Waals surface area contributed by atoms with Crippen molar-refractivity contribution in [2.75, 3.05) is 0 Å². The molecule has 0 aliphatic heterocycles. The third kappa shape index (κ3) is 2.52. The van der Waals surface area contributed by atoms with Gasteiger partial charge in [0, 0.05) is 18.0 Å². The van der Waals surface area contributed by atoms with E-state index in [4.69, 9.17) is 11.5 Å². The third-order valence-electron chi connectivity index (χ3n) is 1.73. The Bertz CT molecular complexity index is 314. The predicted molar refractivity (Wildman–Crippen MR) is 47.1 cm³/mol. The van der Waals surface area contributed by atoms with Crippen LogP contribution in [0.2, 0.25) is 0 Å². The zero-order chi connectivity index (χ0) is 9.84. The van der Waals surface area contributed by atoms with Gasteiger partial charge in [-0.1, -0.05) is 18.2 Å². The van der Waals surface area contributed by atoms with Gasteiger partial charge in [0.15, 0.2) is 0 Å². The lowest BCUT2D eigenvalue weighted by atomic mass is 10.0. The van der Waals surface area contributed by atoms with Crippen molar-refractivity contribution in [2.45, 2.75) is 12.5 Å². The molecule has 0 saturated carbocycles. The van der Waals surface area contributed by atoms with Gasteiger partial charge in [-0.05, 0) is 6.07 Å². The van der Waals surface area contributed by atoms with Crippen molar-refractivity contribution in [3.63, 3.8) is 0 Å². The van der Waals surface area contributed by atoms with Crippen LogP contribution in [-0.2, 0) is 4.79 Å². The summed E-state index contributed by atoms with van der Waals surface area (Å²) in [6.07, 6.45) is -0.0407. The first-order chi connectivity index (χ1) is 6.11. The molecule has 4 heteroatoms. The van der Waals surface area contributed by atoms with E-state index in [0.717, 1.165) is 0 Å². The average molecular weight is 182 g/mol. The molecule has 1 aromatic carbocycles. The number of primary amides is 1. The maximum atomic E-state index is 13.1. The summed E-state index contributed by atoms with van der Waals surface area (Å²) in [6.45, 7) is 0. The Morgan fingerprint density at radius 3 is 2.62 bits per heavy atom. The van der Waals surface area contributed by atoms with Crippen molar-refractivity contribution in [3.05, 3.63) is 35.6 Å². The summed E-state index contributed by atoms with van der Waals surface area (Å²) in [5.74, 6) is -0.938. The number of benzene rings is 1. The minimum Gasteiger partial charge on any atom is -0.370 e. The Kier molecular flexibility index (Phi) is 2.97. The summed E-state index contributed by atoms with van der Waals surface area (Å²) < 4.78 is 13.1. The van der Waals surface area contributed by atoms with Crippen LogP contribution in [0.15, 0.2) is 24.3 Å². The molecule has 0 heterocycles. The van der Waals surface area contributed by atoms with Crippen LogP contribution in [0.4, 0.5) is 4.39 Å². The molecule has 0 aliphatic carbocycles. The fraction of sp³-hybridized carbons (Fsp3) is 0.222. The van der Waals surface area contributed by atoms with Crippen LogP contribution in [0.1, 0.15) is 18.0 Å². The van der Waals surface area contributed by atoms with Crippen molar-refractivity contribution in [1.82, 2.24) is 0 Å². The van der Waals surface area contributed by atoms with Gasteiger partial charge in [-0.3, -0.25) is 4.79 Å². The molecule has 0 aliphatic rings. The minimum absolute atomic E-state index is 0.0407. The maximum Gasteiger partial charge on any atom is 0.219 e. The molecule has 1 unspecified atom stereocenters. The van der Waals surface area contributed by atoms with Crippen molar-refractivity contribution >= 4 is 5.91 Å². The maximum absolute atomic E-state index is 13.1. The summed E-state index contributed by atoms with van der Waals surface area (Å²) in [7, 11) is 0. The molecule has 0 bridgehead atoms. The average Bonchev–Trinajstić information content (AvgIpc) is 2.03. The first-order valence-electron chi connectivity index (χ1n) is 3.89. The number of hydrogen-bond acceptors (Lipinski definition) is 2. The number of nitrogens with two attached hydrogens (primary N) is 2. The van der Waals surface area contributed by atoms with E-state index in [0.29, 0.717) is 5.56 Å². The third-order valence-corrected chi connectivity index (χ3v) is 1.73. The number of amides is 1. The number of hydrogen-bond donors (Lipinski definition) is 2. The SMILES string of the molecule is NC(=O)CC(N)c1ccccc1F. The smallest absolute Gasteiger partial charge is 0.219 e. The molecule has 0 aromatic heterocycles. The molecule has 70 valence electrons. The summed E-state index contributed by atoms with van der Waals surface area (Å²) in [6, 6.07) is 5.42. The van der Waals surface area contributed by atoms with Crippen LogP contribution in [0.25, 0.3) is 0 Å². The van der Waals surface area contributed by atoms with Gasteiger partial charge in [0.2, 0.25) is 5.91 Å². The van der Waals surface area contributed by atoms with Crippen molar-refractivity contribution in [2.24, 2.45) is 11.5 Å². The molecule has 1 amide bonds. The molecule has 1 atom stereocenters. The van der Waals surface area contributed by atoms with E-state index in [9.17, 15) is 9.18 Å². The highest BCUT2D eigenvalue weighted by Gasteiger charge is 2.12. The van der Waals surface area contributed by atoms with Gasteiger partial charge in [0.1, 0.15) is 5.82 Å². The number of halogens is 1. The molecule has 1 rings (SSSR count). The van der Waals surface area contributed by atoms with E-state index in [1.54, 1.807) is 18.2 Å².